The van der Waals surface area contributed by atoms with Crippen molar-refractivity contribution in [1.82, 2.24) is 0 Å². The fourth-order valence-corrected chi connectivity index (χ4v) is 2.07. The quantitative estimate of drug-likeness (QED) is 0.624. The van der Waals surface area contributed by atoms with Gasteiger partial charge in [0, 0.05) is 11.1 Å². The number of hydrogen-bond acceptors (Lipinski definition) is 3. The van der Waals surface area contributed by atoms with Gasteiger partial charge >= 0.3 is 5.97 Å². The molecule has 4 heteroatoms. The zero-order valence-corrected chi connectivity index (χ0v) is 12.3. The summed E-state index contributed by atoms with van der Waals surface area (Å²) in [5.74, 6) is -0.170. The molecule has 0 aliphatic carbocycles. The van der Waals surface area contributed by atoms with Crippen LogP contribution in [-0.2, 0) is 9.53 Å². The molecule has 0 spiro atoms. The number of aliphatic imine (C=N–C) groups is 1. The van der Waals surface area contributed by atoms with Gasteiger partial charge in [0.15, 0.2) is 5.70 Å². The smallest absolute Gasteiger partial charge is 0.363 e. The van der Waals surface area contributed by atoms with E-state index in [-0.39, 0.29) is 11.6 Å². The van der Waals surface area contributed by atoms with Crippen LogP contribution in [0.3, 0.4) is 0 Å². The maximum Gasteiger partial charge on any atom is 0.363 e. The minimum atomic E-state index is -0.456. The molecule has 1 aliphatic heterocycles. The van der Waals surface area contributed by atoms with E-state index in [0.29, 0.717) is 5.02 Å². The van der Waals surface area contributed by atoms with Crippen LogP contribution in [0.15, 0.2) is 71.4 Å². The molecule has 0 saturated heterocycles. The molecule has 1 aliphatic rings. The molecule has 0 radical (unpaired) electrons. The Balaban J connectivity index is 1.79. The Morgan fingerprint density at radius 1 is 0.909 bits per heavy atom. The predicted molar refractivity (Wildman–Crippen MR) is 88.4 cm³/mol. The number of carbonyl (C=O) groups is 1. The lowest BCUT2D eigenvalue weighted by molar-refractivity contribution is -0.129. The van der Waals surface area contributed by atoms with Gasteiger partial charge in [0.1, 0.15) is 0 Å². The molecular formula is C18H12ClNO2. The van der Waals surface area contributed by atoms with Gasteiger partial charge in [-0.05, 0) is 35.4 Å². The topological polar surface area (TPSA) is 38.7 Å². The molecule has 2 aromatic rings. The summed E-state index contributed by atoms with van der Waals surface area (Å²) < 4.78 is 5.12. The zero-order valence-electron chi connectivity index (χ0n) is 11.6. The van der Waals surface area contributed by atoms with Crippen LogP contribution in [0.2, 0.25) is 5.02 Å². The van der Waals surface area contributed by atoms with Gasteiger partial charge in [-0.15, -0.1) is 0 Å². The number of carbonyl (C=O) groups excluding carboxylic acids is 1. The van der Waals surface area contributed by atoms with Crippen molar-refractivity contribution >= 4 is 35.6 Å². The first kappa shape index (κ1) is 14.3. The molecule has 2 aromatic carbocycles. The Hall–Kier alpha value is -2.65. The van der Waals surface area contributed by atoms with Crippen LogP contribution in [0, 0.1) is 0 Å². The number of nitrogens with zero attached hydrogens (tertiary/aromatic N) is 1. The monoisotopic (exact) mass is 309 g/mol. The molecule has 0 saturated carbocycles. The van der Waals surface area contributed by atoms with E-state index in [1.807, 2.05) is 48.5 Å². The number of ether oxygens (including phenoxy) is 1. The summed E-state index contributed by atoms with van der Waals surface area (Å²) in [4.78, 5) is 16.0. The van der Waals surface area contributed by atoms with Crippen LogP contribution < -0.4 is 0 Å². The summed E-state index contributed by atoms with van der Waals surface area (Å²) in [7, 11) is 0. The van der Waals surface area contributed by atoms with Gasteiger partial charge in [-0.2, -0.15) is 0 Å². The standard InChI is InChI=1S/C18H12ClNO2/c19-15-9-6-14(7-10-15)12-16-18(21)22-17(20-16)11-8-13-4-2-1-3-5-13/h1-12H/b11-8-,16-12-. The van der Waals surface area contributed by atoms with Crippen molar-refractivity contribution in [3.05, 3.63) is 82.5 Å². The highest BCUT2D eigenvalue weighted by Crippen LogP contribution is 2.18. The third-order valence-electron chi connectivity index (χ3n) is 3.03. The lowest BCUT2D eigenvalue weighted by atomic mass is 10.2. The molecule has 0 amide bonds. The molecule has 1 heterocycles. The number of esters is 1. The Bertz CT molecular complexity index is 774. The number of rotatable bonds is 3. The second-order valence-corrected chi connectivity index (χ2v) is 5.10. The van der Waals surface area contributed by atoms with Crippen LogP contribution in [0.4, 0.5) is 0 Å². The molecule has 3 rings (SSSR count). The SMILES string of the molecule is O=C1OC(/C=C\c2ccccc2)=NC/1=C\c1ccc(Cl)cc1. The number of halogens is 1. The Kier molecular flexibility index (Phi) is 4.17. The third-order valence-corrected chi connectivity index (χ3v) is 3.28. The van der Waals surface area contributed by atoms with E-state index in [0.717, 1.165) is 11.1 Å². The van der Waals surface area contributed by atoms with Crippen molar-refractivity contribution in [3.63, 3.8) is 0 Å². The van der Waals surface area contributed by atoms with Crippen LogP contribution in [-0.4, -0.2) is 11.9 Å². The molecule has 0 N–H and O–H groups in total. The lowest BCUT2D eigenvalue weighted by Gasteiger charge is -1.94. The third kappa shape index (κ3) is 3.51. The van der Waals surface area contributed by atoms with Gasteiger partial charge in [0.05, 0.1) is 0 Å². The zero-order chi connectivity index (χ0) is 15.4. The molecule has 0 bridgehead atoms. The minimum absolute atomic E-state index is 0.273. The fourth-order valence-electron chi connectivity index (χ4n) is 1.95. The van der Waals surface area contributed by atoms with Gasteiger partial charge in [-0.1, -0.05) is 54.1 Å². The van der Waals surface area contributed by atoms with E-state index in [4.69, 9.17) is 16.3 Å². The van der Waals surface area contributed by atoms with Crippen molar-refractivity contribution in [2.75, 3.05) is 0 Å². The van der Waals surface area contributed by atoms with E-state index < -0.39 is 5.97 Å². The van der Waals surface area contributed by atoms with Crippen molar-refractivity contribution in [1.29, 1.82) is 0 Å². The molecular weight excluding hydrogens is 298 g/mol. The van der Waals surface area contributed by atoms with E-state index >= 15 is 0 Å². The van der Waals surface area contributed by atoms with E-state index in [2.05, 4.69) is 4.99 Å². The molecule has 0 aromatic heterocycles. The normalized spacial score (nSPS) is 16.1. The van der Waals surface area contributed by atoms with E-state index in [1.54, 1.807) is 24.3 Å². The van der Waals surface area contributed by atoms with Crippen LogP contribution in [0.5, 0.6) is 0 Å². The molecule has 0 unspecified atom stereocenters. The van der Waals surface area contributed by atoms with Crippen LogP contribution in [0.1, 0.15) is 11.1 Å². The number of hydrogen-bond donors (Lipinski definition) is 0. The Labute approximate surface area is 133 Å². The predicted octanol–water partition coefficient (Wildman–Crippen LogP) is 4.35. The van der Waals surface area contributed by atoms with Crippen molar-refractivity contribution < 1.29 is 9.53 Å². The van der Waals surface area contributed by atoms with Crippen molar-refractivity contribution in [3.8, 4) is 0 Å². The molecule has 0 atom stereocenters. The lowest BCUT2D eigenvalue weighted by Crippen LogP contribution is -2.01. The van der Waals surface area contributed by atoms with Crippen LogP contribution >= 0.6 is 11.6 Å². The average Bonchev–Trinajstić information content (AvgIpc) is 2.89. The second-order valence-electron chi connectivity index (χ2n) is 4.66. The van der Waals surface area contributed by atoms with Crippen molar-refractivity contribution in [2.45, 2.75) is 0 Å². The van der Waals surface area contributed by atoms with E-state index in [9.17, 15) is 4.79 Å². The molecule has 0 fully saturated rings. The van der Waals surface area contributed by atoms with Gasteiger partial charge in [0.25, 0.3) is 0 Å². The molecule has 108 valence electrons. The van der Waals surface area contributed by atoms with Crippen molar-refractivity contribution in [2.24, 2.45) is 4.99 Å². The Morgan fingerprint density at radius 2 is 1.64 bits per heavy atom. The van der Waals surface area contributed by atoms with Crippen LogP contribution in [0.25, 0.3) is 12.2 Å². The second kappa shape index (κ2) is 6.41. The van der Waals surface area contributed by atoms with Gasteiger partial charge in [-0.25, -0.2) is 9.79 Å². The fraction of sp³-hybridized carbons (Fsp3) is 0. The highest BCUT2D eigenvalue weighted by Gasteiger charge is 2.20. The Morgan fingerprint density at radius 3 is 2.36 bits per heavy atom. The minimum Gasteiger partial charge on any atom is -0.403 e. The van der Waals surface area contributed by atoms with Gasteiger partial charge < -0.3 is 4.74 Å². The first-order valence-corrected chi connectivity index (χ1v) is 7.10. The summed E-state index contributed by atoms with van der Waals surface area (Å²) in [6, 6.07) is 16.9. The van der Waals surface area contributed by atoms with E-state index in [1.165, 1.54) is 0 Å². The summed E-state index contributed by atoms with van der Waals surface area (Å²) in [6.45, 7) is 0. The first-order valence-electron chi connectivity index (χ1n) is 6.72. The number of cyclic esters (lactones) is 1. The van der Waals surface area contributed by atoms with Gasteiger partial charge in [0.2, 0.25) is 5.90 Å². The highest BCUT2D eigenvalue weighted by molar-refractivity contribution is 6.30. The number of benzene rings is 2. The highest BCUT2D eigenvalue weighted by atomic mass is 35.5. The summed E-state index contributed by atoms with van der Waals surface area (Å²) >= 11 is 5.83. The largest absolute Gasteiger partial charge is 0.403 e. The summed E-state index contributed by atoms with van der Waals surface area (Å²) in [6.07, 6.45) is 5.19. The molecule has 22 heavy (non-hydrogen) atoms. The maximum absolute atomic E-state index is 11.8. The summed E-state index contributed by atoms with van der Waals surface area (Å²) in [5, 5.41) is 0.645. The maximum atomic E-state index is 11.8. The molecule has 3 nitrogen and oxygen atoms in total. The first-order chi connectivity index (χ1) is 10.7. The average molecular weight is 310 g/mol. The summed E-state index contributed by atoms with van der Waals surface area (Å²) in [5.41, 5.74) is 2.12. The van der Waals surface area contributed by atoms with Gasteiger partial charge in [-0.3, -0.25) is 0 Å².